The number of anilines is 2. The van der Waals surface area contributed by atoms with Gasteiger partial charge in [0.1, 0.15) is 24.6 Å². The van der Waals surface area contributed by atoms with Crippen molar-refractivity contribution >= 4 is 50.1 Å². The molecule has 10 nitrogen and oxygen atoms in total. The van der Waals surface area contributed by atoms with Gasteiger partial charge in [-0.1, -0.05) is 22.9 Å². The number of aromatic nitrogens is 2. The number of carboxylic acid groups (broad SMARTS) is 1. The van der Waals surface area contributed by atoms with Crippen molar-refractivity contribution in [2.75, 3.05) is 11.9 Å². The predicted molar refractivity (Wildman–Crippen MR) is 114 cm³/mol. The van der Waals surface area contributed by atoms with E-state index in [0.717, 1.165) is 0 Å². The third-order valence-corrected chi connectivity index (χ3v) is 4.85. The molecule has 0 bridgehead atoms. The molecule has 162 valence electrons. The highest BCUT2D eigenvalue weighted by atomic mass is 79.9. The second-order valence-corrected chi connectivity index (χ2v) is 7.35. The number of hydrogen-bond donors (Lipinski definition) is 3. The lowest BCUT2D eigenvalue weighted by molar-refractivity contribution is -0.385. The molecule has 1 heterocycles. The number of rotatable bonds is 8. The molecule has 0 saturated heterocycles. The summed E-state index contributed by atoms with van der Waals surface area (Å²) < 4.78 is 20.3. The molecule has 0 spiro atoms. The van der Waals surface area contributed by atoms with Gasteiger partial charge < -0.3 is 20.5 Å². The van der Waals surface area contributed by atoms with Gasteiger partial charge in [-0.15, -0.1) is 0 Å². The van der Waals surface area contributed by atoms with Crippen molar-refractivity contribution < 1.29 is 24.0 Å². The molecule has 2 aromatic carbocycles. The average molecular weight is 494 g/mol. The van der Waals surface area contributed by atoms with Crippen molar-refractivity contribution in [2.24, 2.45) is 0 Å². The first-order valence-corrected chi connectivity index (χ1v) is 9.85. The highest BCUT2D eigenvalue weighted by molar-refractivity contribution is 9.10. The van der Waals surface area contributed by atoms with E-state index in [1.54, 1.807) is 13.0 Å². The van der Waals surface area contributed by atoms with Gasteiger partial charge in [-0.3, -0.25) is 10.1 Å². The molecule has 1 amide bonds. The zero-order valence-electron chi connectivity index (χ0n) is 16.1. The number of nitro groups is 1. The topological polar surface area (TPSA) is 140 Å². The largest absolute Gasteiger partial charge is 0.485 e. The molecular formula is C19H17BrFN5O5. The number of fused-ring (bicyclic) bond motifs is 1. The van der Waals surface area contributed by atoms with Crippen molar-refractivity contribution in [2.45, 2.75) is 19.4 Å². The Morgan fingerprint density at radius 3 is 2.77 bits per heavy atom. The molecule has 1 unspecified atom stereocenters. The van der Waals surface area contributed by atoms with Crippen LogP contribution in [0.4, 0.5) is 26.4 Å². The fraction of sp³-hybridized carbons (Fsp3) is 0.211. The molecule has 0 aliphatic rings. The number of hydrogen-bond acceptors (Lipinski definition) is 7. The summed E-state index contributed by atoms with van der Waals surface area (Å²) in [5.41, 5.74) is 0.110. The number of ether oxygens (including phenoxy) is 1. The maximum atomic E-state index is 14.2. The summed E-state index contributed by atoms with van der Waals surface area (Å²) in [5.74, 6) is -0.422. The van der Waals surface area contributed by atoms with Gasteiger partial charge in [-0.2, -0.15) is 0 Å². The smallest absolute Gasteiger partial charge is 0.404 e. The Labute approximate surface area is 183 Å². The van der Waals surface area contributed by atoms with Gasteiger partial charge in [0.2, 0.25) is 0 Å². The maximum absolute atomic E-state index is 14.2. The monoisotopic (exact) mass is 493 g/mol. The molecule has 0 aliphatic heterocycles. The zero-order chi connectivity index (χ0) is 22.5. The van der Waals surface area contributed by atoms with E-state index in [1.165, 1.54) is 30.6 Å². The van der Waals surface area contributed by atoms with Crippen LogP contribution >= 0.6 is 15.9 Å². The fourth-order valence-electron chi connectivity index (χ4n) is 2.78. The van der Waals surface area contributed by atoms with Crippen molar-refractivity contribution in [1.29, 1.82) is 0 Å². The van der Waals surface area contributed by atoms with Gasteiger partial charge >= 0.3 is 11.8 Å². The third-order valence-electron chi connectivity index (χ3n) is 4.36. The number of carbonyl (C=O) groups is 1. The summed E-state index contributed by atoms with van der Waals surface area (Å²) in [4.78, 5) is 30.0. The first-order chi connectivity index (χ1) is 14.8. The van der Waals surface area contributed by atoms with Crippen LogP contribution in [-0.4, -0.2) is 38.7 Å². The van der Waals surface area contributed by atoms with E-state index in [9.17, 15) is 19.3 Å². The van der Waals surface area contributed by atoms with Crippen LogP contribution in [0.2, 0.25) is 0 Å². The van der Waals surface area contributed by atoms with Gasteiger partial charge in [0.05, 0.1) is 27.6 Å². The third kappa shape index (κ3) is 5.34. The van der Waals surface area contributed by atoms with E-state index in [-0.39, 0.29) is 29.5 Å². The quantitative estimate of drug-likeness (QED) is 0.305. The molecule has 3 rings (SSSR count). The average Bonchev–Trinajstić information content (AvgIpc) is 2.72. The molecule has 1 aromatic heterocycles. The summed E-state index contributed by atoms with van der Waals surface area (Å²) in [5, 5.41) is 25.9. The van der Waals surface area contributed by atoms with Crippen molar-refractivity contribution in [3.8, 4) is 5.75 Å². The molecule has 3 aromatic rings. The molecule has 3 N–H and O–H groups in total. The van der Waals surface area contributed by atoms with E-state index in [2.05, 4.69) is 36.5 Å². The van der Waals surface area contributed by atoms with Crippen LogP contribution in [0.1, 0.15) is 13.3 Å². The minimum atomic E-state index is -1.22. The Kier molecular flexibility index (Phi) is 6.80. The van der Waals surface area contributed by atoms with Gasteiger partial charge in [0.15, 0.2) is 5.75 Å². The van der Waals surface area contributed by atoms with Gasteiger partial charge in [-0.25, -0.2) is 19.2 Å². The number of amides is 1. The number of benzene rings is 2. The van der Waals surface area contributed by atoms with Crippen LogP contribution in [0, 0.1) is 15.9 Å². The molecule has 0 aliphatic carbocycles. The second kappa shape index (κ2) is 9.51. The Morgan fingerprint density at radius 1 is 1.35 bits per heavy atom. The normalized spacial score (nSPS) is 11.7. The second-order valence-electron chi connectivity index (χ2n) is 6.43. The Bertz CT molecular complexity index is 1150. The van der Waals surface area contributed by atoms with Gasteiger partial charge in [0, 0.05) is 16.6 Å². The first kappa shape index (κ1) is 22.2. The summed E-state index contributed by atoms with van der Waals surface area (Å²) >= 11 is 3.18. The highest BCUT2D eigenvalue weighted by Gasteiger charge is 2.21. The number of nitro benzene ring substituents is 1. The SMILES string of the molecule is CCC(COc1cc2ncnc(Nc3ccc(Br)cc3F)c2cc1[N+](=O)[O-])NC(=O)O. The molecule has 31 heavy (non-hydrogen) atoms. The summed E-state index contributed by atoms with van der Waals surface area (Å²) in [7, 11) is 0. The molecule has 12 heteroatoms. The van der Waals surface area contributed by atoms with Crippen LogP contribution in [0.25, 0.3) is 10.9 Å². The predicted octanol–water partition coefficient (Wildman–Crippen LogP) is 4.61. The van der Waals surface area contributed by atoms with Crippen LogP contribution in [0.3, 0.4) is 0 Å². The van der Waals surface area contributed by atoms with Gasteiger partial charge in [0.25, 0.3) is 0 Å². The zero-order valence-corrected chi connectivity index (χ0v) is 17.7. The molecule has 0 saturated carbocycles. The minimum absolute atomic E-state index is 0.0670. The van der Waals surface area contributed by atoms with E-state index in [1.807, 2.05) is 0 Å². The summed E-state index contributed by atoms with van der Waals surface area (Å²) in [6.45, 7) is 1.65. The highest BCUT2D eigenvalue weighted by Crippen LogP contribution is 2.35. The standard InChI is InChI=1S/C19H17BrFN5O5/c1-2-11(24-19(27)28)8-31-17-7-15-12(6-16(17)26(29)30)18(23-9-22-15)25-14-4-3-10(20)5-13(14)21/h3-7,9,11,24H,2,8H2,1H3,(H,27,28)(H,22,23,25). The summed E-state index contributed by atoms with van der Waals surface area (Å²) in [6.07, 6.45) is 0.452. The molecule has 1 atom stereocenters. The first-order valence-electron chi connectivity index (χ1n) is 9.06. The maximum Gasteiger partial charge on any atom is 0.404 e. The number of nitrogens with one attached hydrogen (secondary N) is 2. The molecule has 0 radical (unpaired) electrons. The number of halogens is 2. The van der Waals surface area contributed by atoms with Crippen molar-refractivity contribution in [3.63, 3.8) is 0 Å². The van der Waals surface area contributed by atoms with E-state index >= 15 is 0 Å². The van der Waals surface area contributed by atoms with Crippen LogP contribution in [0.5, 0.6) is 5.75 Å². The fourth-order valence-corrected chi connectivity index (χ4v) is 3.11. The van der Waals surface area contributed by atoms with E-state index in [4.69, 9.17) is 9.84 Å². The summed E-state index contributed by atoms with van der Waals surface area (Å²) in [6, 6.07) is 6.46. The van der Waals surface area contributed by atoms with Crippen molar-refractivity contribution in [1.82, 2.24) is 15.3 Å². The van der Waals surface area contributed by atoms with Crippen LogP contribution < -0.4 is 15.4 Å². The lowest BCUT2D eigenvalue weighted by atomic mass is 10.2. The van der Waals surface area contributed by atoms with Gasteiger partial charge in [-0.05, 0) is 24.6 Å². The number of nitrogens with zero attached hydrogens (tertiary/aromatic N) is 3. The Morgan fingerprint density at radius 2 is 2.13 bits per heavy atom. The minimum Gasteiger partial charge on any atom is -0.485 e. The molecule has 0 fully saturated rings. The lowest BCUT2D eigenvalue weighted by Gasteiger charge is -2.16. The van der Waals surface area contributed by atoms with E-state index < -0.39 is 22.9 Å². The van der Waals surface area contributed by atoms with Crippen LogP contribution in [-0.2, 0) is 0 Å². The Hall–Kier alpha value is -3.54. The van der Waals surface area contributed by atoms with Crippen LogP contribution in [0.15, 0.2) is 41.1 Å². The van der Waals surface area contributed by atoms with Crippen molar-refractivity contribution in [3.05, 3.63) is 57.1 Å². The molecular weight excluding hydrogens is 477 g/mol. The van der Waals surface area contributed by atoms with E-state index in [0.29, 0.717) is 21.8 Å². The lowest BCUT2D eigenvalue weighted by Crippen LogP contribution is -2.37. The Balaban J connectivity index is 1.96.